The zero-order valence-corrected chi connectivity index (χ0v) is 10.1. The number of benzene rings is 1. The lowest BCUT2D eigenvalue weighted by atomic mass is 10.1. The molecule has 4 nitrogen and oxygen atoms in total. The molecule has 1 heterocycles. The molecule has 0 radical (unpaired) electrons. The number of ketones is 1. The maximum Gasteiger partial charge on any atom is 0.199 e. The summed E-state index contributed by atoms with van der Waals surface area (Å²) in [6.07, 6.45) is 2.90. The van der Waals surface area contributed by atoms with Gasteiger partial charge in [0.1, 0.15) is 18.6 Å². The van der Waals surface area contributed by atoms with E-state index in [9.17, 15) is 4.79 Å². The van der Waals surface area contributed by atoms with Crippen LogP contribution in [0.4, 0.5) is 0 Å². The van der Waals surface area contributed by atoms with Crippen LogP contribution in [0.1, 0.15) is 15.9 Å². The Labute approximate surface area is 105 Å². The Hall–Kier alpha value is -2.07. The van der Waals surface area contributed by atoms with E-state index in [1.54, 1.807) is 31.4 Å². The van der Waals surface area contributed by atoms with Gasteiger partial charge in [-0.3, -0.25) is 4.79 Å². The van der Waals surface area contributed by atoms with Crippen LogP contribution in [0, 0.1) is 0 Å². The van der Waals surface area contributed by atoms with E-state index in [1.165, 1.54) is 12.5 Å². The van der Waals surface area contributed by atoms with Gasteiger partial charge in [-0.2, -0.15) is 0 Å². The summed E-state index contributed by atoms with van der Waals surface area (Å²) in [5.74, 6) is 0.442. The van der Waals surface area contributed by atoms with Gasteiger partial charge >= 0.3 is 0 Å². The van der Waals surface area contributed by atoms with Crippen LogP contribution in [0.5, 0.6) is 5.75 Å². The van der Waals surface area contributed by atoms with Gasteiger partial charge in [0.15, 0.2) is 5.78 Å². The first kappa shape index (κ1) is 12.4. The van der Waals surface area contributed by atoms with Gasteiger partial charge in [-0.05, 0) is 18.2 Å². The van der Waals surface area contributed by atoms with Crippen molar-refractivity contribution in [2.45, 2.75) is 0 Å². The minimum absolute atomic E-state index is 0.114. The molecule has 1 aromatic heterocycles. The lowest BCUT2D eigenvalue weighted by Gasteiger charge is -2.09. The number of rotatable bonds is 6. The standard InChI is InChI=1S/C14H14O4/c1-16-8-9-18-13-5-3-2-4-12(13)14(15)11-6-7-17-10-11/h2-7,10H,8-9H2,1H3. The molecule has 0 atom stereocenters. The first-order valence-corrected chi connectivity index (χ1v) is 5.60. The first-order valence-electron chi connectivity index (χ1n) is 5.60. The van der Waals surface area contributed by atoms with E-state index >= 15 is 0 Å². The zero-order chi connectivity index (χ0) is 12.8. The Kier molecular flexibility index (Phi) is 4.15. The van der Waals surface area contributed by atoms with Crippen molar-refractivity contribution in [1.82, 2.24) is 0 Å². The highest BCUT2D eigenvalue weighted by Gasteiger charge is 2.15. The zero-order valence-electron chi connectivity index (χ0n) is 10.1. The van der Waals surface area contributed by atoms with Crippen molar-refractivity contribution in [2.75, 3.05) is 20.3 Å². The van der Waals surface area contributed by atoms with Crippen LogP contribution < -0.4 is 4.74 Å². The fourth-order valence-corrected chi connectivity index (χ4v) is 1.56. The van der Waals surface area contributed by atoms with E-state index in [1.807, 2.05) is 6.07 Å². The smallest absolute Gasteiger partial charge is 0.199 e. The lowest BCUT2D eigenvalue weighted by molar-refractivity contribution is 0.103. The number of para-hydroxylation sites is 1. The van der Waals surface area contributed by atoms with Crippen LogP contribution in [-0.2, 0) is 4.74 Å². The highest BCUT2D eigenvalue weighted by atomic mass is 16.5. The molecule has 94 valence electrons. The molecule has 0 aliphatic rings. The van der Waals surface area contributed by atoms with E-state index in [0.717, 1.165) is 0 Å². The fourth-order valence-electron chi connectivity index (χ4n) is 1.56. The number of methoxy groups -OCH3 is 1. The van der Waals surface area contributed by atoms with Crippen LogP contribution in [0.15, 0.2) is 47.3 Å². The Morgan fingerprint density at radius 2 is 2.06 bits per heavy atom. The monoisotopic (exact) mass is 246 g/mol. The molecule has 0 unspecified atom stereocenters. The van der Waals surface area contributed by atoms with Crippen LogP contribution in [0.2, 0.25) is 0 Å². The average molecular weight is 246 g/mol. The second-order valence-corrected chi connectivity index (χ2v) is 3.68. The van der Waals surface area contributed by atoms with Crippen molar-refractivity contribution < 1.29 is 18.7 Å². The highest BCUT2D eigenvalue weighted by molar-refractivity contribution is 6.10. The quantitative estimate of drug-likeness (QED) is 0.580. The number of carbonyl (C=O) groups is 1. The van der Waals surface area contributed by atoms with Crippen LogP contribution in [0.25, 0.3) is 0 Å². The molecule has 4 heteroatoms. The molecule has 1 aromatic carbocycles. The van der Waals surface area contributed by atoms with E-state index in [4.69, 9.17) is 13.9 Å². The summed E-state index contributed by atoms with van der Waals surface area (Å²) >= 11 is 0. The molecule has 2 rings (SSSR count). The van der Waals surface area contributed by atoms with E-state index in [-0.39, 0.29) is 5.78 Å². The number of hydrogen-bond acceptors (Lipinski definition) is 4. The van der Waals surface area contributed by atoms with E-state index in [2.05, 4.69) is 0 Å². The second kappa shape index (κ2) is 6.02. The van der Waals surface area contributed by atoms with Crippen molar-refractivity contribution in [3.05, 3.63) is 54.0 Å². The minimum atomic E-state index is -0.114. The third-order valence-electron chi connectivity index (χ3n) is 2.46. The summed E-state index contributed by atoms with van der Waals surface area (Å²) in [7, 11) is 1.60. The maximum absolute atomic E-state index is 12.2. The molecule has 0 spiro atoms. The lowest BCUT2D eigenvalue weighted by Crippen LogP contribution is -2.08. The Morgan fingerprint density at radius 3 is 2.78 bits per heavy atom. The van der Waals surface area contributed by atoms with E-state index in [0.29, 0.717) is 30.1 Å². The molecule has 0 N–H and O–H groups in total. The topological polar surface area (TPSA) is 48.7 Å². The second-order valence-electron chi connectivity index (χ2n) is 3.68. The summed E-state index contributed by atoms with van der Waals surface area (Å²) in [6.45, 7) is 0.889. The predicted molar refractivity (Wildman–Crippen MR) is 66.0 cm³/mol. The number of ether oxygens (including phenoxy) is 2. The van der Waals surface area contributed by atoms with Crippen LogP contribution in [-0.4, -0.2) is 26.1 Å². The molecule has 18 heavy (non-hydrogen) atoms. The summed E-state index contributed by atoms with van der Waals surface area (Å²) in [6, 6.07) is 8.76. The van der Waals surface area contributed by atoms with Crippen molar-refractivity contribution >= 4 is 5.78 Å². The third kappa shape index (κ3) is 2.78. The Bertz CT molecular complexity index is 502. The van der Waals surface area contributed by atoms with Gasteiger partial charge in [-0.1, -0.05) is 12.1 Å². The molecular weight excluding hydrogens is 232 g/mol. The van der Waals surface area contributed by atoms with Gasteiger partial charge in [0.05, 0.1) is 24.0 Å². The van der Waals surface area contributed by atoms with Crippen molar-refractivity contribution in [2.24, 2.45) is 0 Å². The SMILES string of the molecule is COCCOc1ccccc1C(=O)c1ccoc1. The Balaban J connectivity index is 2.19. The molecule has 0 aliphatic heterocycles. The molecular formula is C14H14O4. The van der Waals surface area contributed by atoms with Crippen LogP contribution >= 0.6 is 0 Å². The molecule has 0 saturated carbocycles. The summed E-state index contributed by atoms with van der Waals surface area (Å²) in [4.78, 5) is 12.2. The number of furan rings is 1. The van der Waals surface area contributed by atoms with Gasteiger partial charge < -0.3 is 13.9 Å². The molecule has 0 bridgehead atoms. The van der Waals surface area contributed by atoms with E-state index < -0.39 is 0 Å². The van der Waals surface area contributed by atoms with Crippen LogP contribution in [0.3, 0.4) is 0 Å². The summed E-state index contributed by atoms with van der Waals surface area (Å²) in [5.41, 5.74) is 1.03. The average Bonchev–Trinajstić information content (AvgIpc) is 2.93. The van der Waals surface area contributed by atoms with Gasteiger partial charge in [0.25, 0.3) is 0 Å². The minimum Gasteiger partial charge on any atom is -0.490 e. The summed E-state index contributed by atoms with van der Waals surface area (Å²) in [5, 5.41) is 0. The molecule has 0 aliphatic carbocycles. The molecule has 0 fully saturated rings. The molecule has 0 saturated heterocycles. The largest absolute Gasteiger partial charge is 0.490 e. The van der Waals surface area contributed by atoms with Gasteiger partial charge in [-0.25, -0.2) is 0 Å². The number of carbonyl (C=O) groups excluding carboxylic acids is 1. The maximum atomic E-state index is 12.2. The molecule has 2 aromatic rings. The molecule has 0 amide bonds. The van der Waals surface area contributed by atoms with Gasteiger partial charge in [0.2, 0.25) is 0 Å². The third-order valence-corrected chi connectivity index (χ3v) is 2.46. The van der Waals surface area contributed by atoms with Gasteiger partial charge in [-0.15, -0.1) is 0 Å². The van der Waals surface area contributed by atoms with Gasteiger partial charge in [0, 0.05) is 7.11 Å². The number of hydrogen-bond donors (Lipinski definition) is 0. The Morgan fingerprint density at radius 1 is 1.22 bits per heavy atom. The highest BCUT2D eigenvalue weighted by Crippen LogP contribution is 2.21. The van der Waals surface area contributed by atoms with Crippen molar-refractivity contribution in [3.63, 3.8) is 0 Å². The normalized spacial score (nSPS) is 10.3. The fraction of sp³-hybridized carbons (Fsp3) is 0.214. The first-order chi connectivity index (χ1) is 8.83. The summed E-state index contributed by atoms with van der Waals surface area (Å²) < 4.78 is 15.3. The van der Waals surface area contributed by atoms with Crippen molar-refractivity contribution in [3.8, 4) is 5.75 Å². The van der Waals surface area contributed by atoms with Crippen molar-refractivity contribution in [1.29, 1.82) is 0 Å². The predicted octanol–water partition coefficient (Wildman–Crippen LogP) is 2.54.